The zero-order chi connectivity index (χ0) is 26.1. The first kappa shape index (κ1) is 24.6. The van der Waals surface area contributed by atoms with Gasteiger partial charge < -0.3 is 16.2 Å². The van der Waals surface area contributed by atoms with E-state index in [0.29, 0.717) is 16.9 Å². The SMILES string of the molecule is CC(=O)c1c(C2CCC(NC(=O)[C@@H](C)O)CC2)nc2c(-c3ccc(-c4ccccc4)nc3)cnn2c1N. The topological polar surface area (TPSA) is 136 Å². The Labute approximate surface area is 214 Å². The summed E-state index contributed by atoms with van der Waals surface area (Å²) in [6, 6.07) is 13.9. The molecule has 0 saturated heterocycles. The van der Waals surface area contributed by atoms with Gasteiger partial charge in [0.15, 0.2) is 11.4 Å². The van der Waals surface area contributed by atoms with E-state index in [9.17, 15) is 14.7 Å². The second-order valence-corrected chi connectivity index (χ2v) is 9.64. The number of Topliss-reactive ketones (excluding diaryl/α,β-unsaturated/α-hetero) is 1. The lowest BCUT2D eigenvalue weighted by Gasteiger charge is -2.30. The maximum absolute atomic E-state index is 12.7. The van der Waals surface area contributed by atoms with Crippen molar-refractivity contribution in [2.75, 3.05) is 5.73 Å². The van der Waals surface area contributed by atoms with Gasteiger partial charge >= 0.3 is 0 Å². The molecular weight excluding hydrogens is 468 g/mol. The van der Waals surface area contributed by atoms with E-state index in [4.69, 9.17) is 10.7 Å². The Morgan fingerprint density at radius 3 is 2.41 bits per heavy atom. The molecule has 0 bridgehead atoms. The van der Waals surface area contributed by atoms with Crippen molar-refractivity contribution in [2.45, 2.75) is 57.6 Å². The van der Waals surface area contributed by atoms with Crippen molar-refractivity contribution in [3.8, 4) is 22.4 Å². The number of hydrogen-bond acceptors (Lipinski definition) is 7. The lowest BCUT2D eigenvalue weighted by atomic mass is 9.82. The number of carbonyl (C=O) groups excluding carboxylic acids is 2. The second kappa shape index (κ2) is 10.1. The Morgan fingerprint density at radius 2 is 1.78 bits per heavy atom. The average molecular weight is 499 g/mol. The third-order valence-corrected chi connectivity index (χ3v) is 7.05. The van der Waals surface area contributed by atoms with Crippen molar-refractivity contribution in [1.29, 1.82) is 0 Å². The van der Waals surface area contributed by atoms with Crippen molar-refractivity contribution in [2.24, 2.45) is 0 Å². The van der Waals surface area contributed by atoms with Crippen molar-refractivity contribution >= 4 is 23.2 Å². The number of aromatic nitrogens is 4. The van der Waals surface area contributed by atoms with E-state index in [-0.39, 0.29) is 29.5 Å². The quantitative estimate of drug-likeness (QED) is 0.344. The molecule has 3 heterocycles. The van der Waals surface area contributed by atoms with E-state index in [1.165, 1.54) is 18.4 Å². The lowest BCUT2D eigenvalue weighted by Crippen LogP contribution is -2.42. The zero-order valence-corrected chi connectivity index (χ0v) is 20.9. The zero-order valence-electron chi connectivity index (χ0n) is 20.9. The molecule has 37 heavy (non-hydrogen) atoms. The van der Waals surface area contributed by atoms with Crippen LogP contribution < -0.4 is 11.1 Å². The molecule has 0 spiro atoms. The third kappa shape index (κ3) is 4.82. The smallest absolute Gasteiger partial charge is 0.248 e. The number of hydrogen-bond donors (Lipinski definition) is 3. The molecule has 0 aliphatic heterocycles. The molecule has 0 radical (unpaired) electrons. The number of benzene rings is 1. The minimum atomic E-state index is -1.04. The molecule has 9 heteroatoms. The van der Waals surface area contributed by atoms with E-state index >= 15 is 0 Å². The number of fused-ring (bicyclic) bond motifs is 1. The van der Waals surface area contributed by atoms with Gasteiger partial charge in [-0.2, -0.15) is 9.61 Å². The number of aliphatic hydroxyl groups is 1. The Hall–Kier alpha value is -4.11. The molecule has 1 aliphatic rings. The standard InChI is InChI=1S/C28H30N6O3/c1-16(35)24-25(19-8-11-21(12-9-19)32-28(37)17(2)36)33-27-22(15-31-34(27)26(24)29)20-10-13-23(30-14-20)18-6-4-3-5-7-18/h3-7,10,13-15,17,19,21,36H,8-9,11-12,29H2,1-2H3,(H,32,37)/t17-,19?,21?/m1/s1. The number of nitrogen functional groups attached to an aromatic ring is 1. The number of pyridine rings is 1. The van der Waals surface area contributed by atoms with Crippen LogP contribution in [0.3, 0.4) is 0 Å². The number of ketones is 1. The van der Waals surface area contributed by atoms with Crippen LogP contribution in [-0.2, 0) is 4.79 Å². The summed E-state index contributed by atoms with van der Waals surface area (Å²) in [7, 11) is 0. The third-order valence-electron chi connectivity index (χ3n) is 7.05. The van der Waals surface area contributed by atoms with E-state index < -0.39 is 6.10 Å². The van der Waals surface area contributed by atoms with Crippen molar-refractivity contribution in [1.82, 2.24) is 24.9 Å². The van der Waals surface area contributed by atoms with Gasteiger partial charge in [-0.15, -0.1) is 0 Å². The Bertz CT molecular complexity index is 1440. The first-order valence-corrected chi connectivity index (χ1v) is 12.5. The number of carbonyl (C=O) groups is 2. The highest BCUT2D eigenvalue weighted by molar-refractivity contribution is 6.00. The molecule has 1 atom stereocenters. The summed E-state index contributed by atoms with van der Waals surface area (Å²) in [4.78, 5) is 34.1. The summed E-state index contributed by atoms with van der Waals surface area (Å²) >= 11 is 0. The van der Waals surface area contributed by atoms with Gasteiger partial charge in [-0.25, -0.2) is 4.98 Å². The van der Waals surface area contributed by atoms with Crippen LogP contribution in [0.2, 0.25) is 0 Å². The van der Waals surface area contributed by atoms with Gasteiger partial charge in [0.2, 0.25) is 5.91 Å². The maximum atomic E-state index is 12.7. The molecule has 1 aromatic carbocycles. The summed E-state index contributed by atoms with van der Waals surface area (Å²) < 4.78 is 1.52. The lowest BCUT2D eigenvalue weighted by molar-refractivity contribution is -0.129. The highest BCUT2D eigenvalue weighted by atomic mass is 16.3. The van der Waals surface area contributed by atoms with Crippen LogP contribution in [0.15, 0.2) is 54.9 Å². The monoisotopic (exact) mass is 498 g/mol. The summed E-state index contributed by atoms with van der Waals surface area (Å²) in [5.41, 5.74) is 11.7. The van der Waals surface area contributed by atoms with Gasteiger partial charge in [-0.3, -0.25) is 14.6 Å². The predicted octanol–water partition coefficient (Wildman–Crippen LogP) is 3.77. The number of nitrogens with one attached hydrogen (secondary N) is 1. The van der Waals surface area contributed by atoms with Gasteiger partial charge in [0, 0.05) is 34.8 Å². The fraction of sp³-hybridized carbons (Fsp3) is 0.321. The Kier molecular flexibility index (Phi) is 6.71. The van der Waals surface area contributed by atoms with Crippen LogP contribution in [0.5, 0.6) is 0 Å². The normalized spacial score (nSPS) is 18.5. The first-order valence-electron chi connectivity index (χ1n) is 12.5. The maximum Gasteiger partial charge on any atom is 0.248 e. The number of rotatable bonds is 6. The first-order chi connectivity index (χ1) is 17.8. The second-order valence-electron chi connectivity index (χ2n) is 9.64. The van der Waals surface area contributed by atoms with Crippen LogP contribution in [-0.4, -0.2) is 48.5 Å². The molecule has 1 saturated carbocycles. The van der Waals surface area contributed by atoms with E-state index in [2.05, 4.69) is 15.4 Å². The molecule has 9 nitrogen and oxygen atoms in total. The van der Waals surface area contributed by atoms with Gasteiger partial charge in [-0.1, -0.05) is 36.4 Å². The highest BCUT2D eigenvalue weighted by Crippen LogP contribution is 2.37. The number of anilines is 1. The molecule has 4 N–H and O–H groups in total. The van der Waals surface area contributed by atoms with E-state index in [1.54, 1.807) is 12.4 Å². The molecule has 190 valence electrons. The molecule has 1 amide bonds. The predicted molar refractivity (Wildman–Crippen MR) is 141 cm³/mol. The van der Waals surface area contributed by atoms with Gasteiger partial charge in [0.1, 0.15) is 11.9 Å². The minimum Gasteiger partial charge on any atom is -0.384 e. The fourth-order valence-electron chi connectivity index (χ4n) is 5.06. The van der Waals surface area contributed by atoms with Gasteiger partial charge in [-0.05, 0) is 45.6 Å². The fourth-order valence-corrected chi connectivity index (χ4v) is 5.06. The van der Waals surface area contributed by atoms with E-state index in [1.807, 2.05) is 42.5 Å². The van der Waals surface area contributed by atoms with E-state index in [0.717, 1.165) is 48.1 Å². The van der Waals surface area contributed by atoms with Crippen LogP contribution in [0, 0.1) is 0 Å². The van der Waals surface area contributed by atoms with Gasteiger partial charge in [0.05, 0.1) is 23.1 Å². The molecule has 4 aromatic rings. The summed E-state index contributed by atoms with van der Waals surface area (Å²) in [6.07, 6.45) is 5.39. The van der Waals surface area contributed by atoms with Crippen LogP contribution in [0.4, 0.5) is 5.82 Å². The molecule has 3 aromatic heterocycles. The summed E-state index contributed by atoms with van der Waals surface area (Å²) in [5, 5.41) is 16.8. The molecule has 5 rings (SSSR count). The molecule has 1 fully saturated rings. The number of aliphatic hydroxyl groups excluding tert-OH is 1. The van der Waals surface area contributed by atoms with Gasteiger partial charge in [0.25, 0.3) is 0 Å². The molecular formula is C28H30N6O3. The average Bonchev–Trinajstić information content (AvgIpc) is 3.34. The Balaban J connectivity index is 1.48. The number of nitrogens with two attached hydrogens (primary N) is 1. The largest absolute Gasteiger partial charge is 0.384 e. The minimum absolute atomic E-state index is 0.0139. The summed E-state index contributed by atoms with van der Waals surface area (Å²) in [6.45, 7) is 2.95. The number of nitrogens with zero attached hydrogens (tertiary/aromatic N) is 4. The number of amides is 1. The summed E-state index contributed by atoms with van der Waals surface area (Å²) in [5.74, 6) is -0.228. The van der Waals surface area contributed by atoms with Crippen molar-refractivity contribution in [3.63, 3.8) is 0 Å². The van der Waals surface area contributed by atoms with Crippen LogP contribution in [0.25, 0.3) is 28.0 Å². The van der Waals surface area contributed by atoms with Crippen molar-refractivity contribution < 1.29 is 14.7 Å². The Morgan fingerprint density at radius 1 is 1.05 bits per heavy atom. The van der Waals surface area contributed by atoms with Crippen LogP contribution >= 0.6 is 0 Å². The van der Waals surface area contributed by atoms with Crippen molar-refractivity contribution in [3.05, 3.63) is 66.1 Å². The molecule has 1 aliphatic carbocycles. The molecule has 0 unspecified atom stereocenters. The van der Waals surface area contributed by atoms with Crippen LogP contribution in [0.1, 0.15) is 61.5 Å². The highest BCUT2D eigenvalue weighted by Gasteiger charge is 2.30.